The van der Waals surface area contributed by atoms with Crippen LogP contribution in [-0.2, 0) is 7.05 Å². The molecule has 22 heavy (non-hydrogen) atoms. The zero-order valence-electron chi connectivity index (χ0n) is 11.9. The number of carbonyl (C=O) groups is 1. The van der Waals surface area contributed by atoms with Crippen LogP contribution in [0.3, 0.4) is 0 Å². The lowest BCUT2D eigenvalue weighted by Gasteiger charge is -2.27. The normalized spacial score (nSPS) is 16.7. The molecular weight excluding hydrogens is 368 g/mol. The van der Waals surface area contributed by atoms with Crippen molar-refractivity contribution >= 4 is 39.5 Å². The van der Waals surface area contributed by atoms with Crippen LogP contribution in [-0.4, -0.2) is 21.8 Å². The van der Waals surface area contributed by atoms with Gasteiger partial charge in [-0.25, -0.2) is 9.78 Å². The Kier molecular flexibility index (Phi) is 3.96. The number of hydrogen-bond acceptors (Lipinski definition) is 4. The summed E-state index contributed by atoms with van der Waals surface area (Å²) in [5, 5.41) is 5.96. The van der Waals surface area contributed by atoms with Crippen molar-refractivity contribution in [2.24, 2.45) is 7.05 Å². The Morgan fingerprint density at radius 2 is 1.95 bits per heavy atom. The Hall–Kier alpha value is -1.80. The number of urea groups is 1. The van der Waals surface area contributed by atoms with Gasteiger partial charge in [-0.3, -0.25) is 14.7 Å². The van der Waals surface area contributed by atoms with Crippen LogP contribution in [0.15, 0.2) is 38.7 Å². The number of anilines is 1. The zero-order chi connectivity index (χ0) is 15.9. The Morgan fingerprint density at radius 1 is 1.27 bits per heavy atom. The number of amides is 2. The molecule has 0 spiro atoms. The Morgan fingerprint density at radius 3 is 2.59 bits per heavy atom. The molecule has 8 heteroatoms. The van der Waals surface area contributed by atoms with E-state index in [2.05, 4.69) is 31.5 Å². The van der Waals surface area contributed by atoms with Gasteiger partial charge in [-0.05, 0) is 24.0 Å². The second-order valence-electron chi connectivity index (χ2n) is 4.81. The van der Waals surface area contributed by atoms with Gasteiger partial charge in [-0.2, -0.15) is 0 Å². The molecule has 0 radical (unpaired) electrons. The molecule has 6 nitrogen and oxygen atoms in total. The molecule has 0 saturated heterocycles. The molecule has 2 aromatic rings. The number of hydrogen-bond donors (Lipinski definition) is 2. The van der Waals surface area contributed by atoms with Crippen molar-refractivity contribution in [2.45, 2.75) is 11.2 Å². The van der Waals surface area contributed by atoms with Crippen LogP contribution in [0.2, 0.25) is 0 Å². The predicted octanol–water partition coefficient (Wildman–Crippen LogP) is 2.49. The van der Waals surface area contributed by atoms with E-state index in [0.717, 1.165) is 10.0 Å². The van der Waals surface area contributed by atoms with E-state index in [1.54, 1.807) is 7.05 Å². The van der Waals surface area contributed by atoms with E-state index in [1.165, 1.54) is 16.3 Å². The van der Waals surface area contributed by atoms with E-state index in [-0.39, 0.29) is 11.6 Å². The first-order valence-corrected chi connectivity index (χ1v) is 8.51. The molecule has 1 aliphatic heterocycles. The molecular formula is C14H13BrN4O2S. The first-order valence-electron chi connectivity index (χ1n) is 6.49. The largest absolute Gasteiger partial charge is 0.327 e. The van der Waals surface area contributed by atoms with Crippen molar-refractivity contribution in [1.82, 2.24) is 14.9 Å². The Labute approximate surface area is 139 Å². The maximum atomic E-state index is 12.7. The SMILES string of the molecule is CSc1nc2c(c(=O)n1C)C(c1ccc(Br)cc1)NC(=O)N2. The van der Waals surface area contributed by atoms with Crippen molar-refractivity contribution in [3.8, 4) is 0 Å². The number of carbonyl (C=O) groups excluding carboxylic acids is 1. The summed E-state index contributed by atoms with van der Waals surface area (Å²) in [7, 11) is 1.68. The molecule has 1 atom stereocenters. The van der Waals surface area contributed by atoms with E-state index in [9.17, 15) is 9.59 Å². The van der Waals surface area contributed by atoms with Crippen LogP contribution >= 0.6 is 27.7 Å². The number of aromatic nitrogens is 2. The van der Waals surface area contributed by atoms with Gasteiger partial charge in [-0.15, -0.1) is 0 Å². The van der Waals surface area contributed by atoms with E-state index in [1.807, 2.05) is 30.5 Å². The molecule has 1 aromatic heterocycles. The third kappa shape index (κ3) is 2.52. The maximum absolute atomic E-state index is 12.7. The van der Waals surface area contributed by atoms with Gasteiger partial charge in [0.1, 0.15) is 5.82 Å². The highest BCUT2D eigenvalue weighted by Crippen LogP contribution is 2.29. The Bertz CT molecular complexity index is 804. The smallest absolute Gasteiger partial charge is 0.321 e. The molecule has 1 aliphatic rings. The summed E-state index contributed by atoms with van der Waals surface area (Å²) in [6, 6.07) is 6.60. The summed E-state index contributed by atoms with van der Waals surface area (Å²) in [4.78, 5) is 28.9. The molecule has 0 fully saturated rings. The highest BCUT2D eigenvalue weighted by atomic mass is 79.9. The van der Waals surface area contributed by atoms with Gasteiger partial charge in [0, 0.05) is 11.5 Å². The van der Waals surface area contributed by atoms with E-state index in [4.69, 9.17) is 0 Å². The van der Waals surface area contributed by atoms with Crippen molar-refractivity contribution < 1.29 is 4.79 Å². The third-order valence-corrected chi connectivity index (χ3v) is 4.73. The standard InChI is InChI=1S/C14H13BrN4O2S/c1-19-12(20)9-10(7-3-5-8(15)6-4-7)16-13(21)17-11(9)18-14(19)22-2/h3-6,10H,1-2H3,(H2,16,17,21). The predicted molar refractivity (Wildman–Crippen MR) is 89.4 cm³/mol. The van der Waals surface area contributed by atoms with E-state index in [0.29, 0.717) is 16.5 Å². The average Bonchev–Trinajstić information content (AvgIpc) is 2.50. The molecule has 0 aliphatic carbocycles. The molecule has 0 saturated carbocycles. The summed E-state index contributed by atoms with van der Waals surface area (Å²) < 4.78 is 2.43. The average molecular weight is 381 g/mol. The van der Waals surface area contributed by atoms with E-state index < -0.39 is 6.04 Å². The van der Waals surface area contributed by atoms with Gasteiger partial charge in [0.05, 0.1) is 11.6 Å². The van der Waals surface area contributed by atoms with Crippen LogP contribution in [0.1, 0.15) is 17.2 Å². The summed E-state index contributed by atoms with van der Waals surface area (Å²) in [5.74, 6) is 0.323. The third-order valence-electron chi connectivity index (χ3n) is 3.47. The lowest BCUT2D eigenvalue weighted by Crippen LogP contribution is -2.43. The fraction of sp³-hybridized carbons (Fsp3) is 0.214. The summed E-state index contributed by atoms with van der Waals surface area (Å²) in [5.41, 5.74) is 1.10. The number of fused-ring (bicyclic) bond motifs is 1. The number of nitrogens with zero attached hydrogens (tertiary/aromatic N) is 2. The highest BCUT2D eigenvalue weighted by molar-refractivity contribution is 9.10. The molecule has 3 rings (SSSR count). The summed E-state index contributed by atoms with van der Waals surface area (Å²) >= 11 is 4.73. The van der Waals surface area contributed by atoms with Crippen LogP contribution in [0.4, 0.5) is 10.6 Å². The number of benzene rings is 1. The van der Waals surface area contributed by atoms with Gasteiger partial charge in [-0.1, -0.05) is 39.8 Å². The van der Waals surface area contributed by atoms with Gasteiger partial charge < -0.3 is 5.32 Å². The Balaban J connectivity index is 2.20. The van der Waals surface area contributed by atoms with Crippen molar-refractivity contribution in [3.05, 3.63) is 50.2 Å². The van der Waals surface area contributed by atoms with Crippen molar-refractivity contribution in [1.29, 1.82) is 0 Å². The first kappa shape index (κ1) is 15.1. The number of halogens is 1. The van der Waals surface area contributed by atoms with Gasteiger partial charge in [0.2, 0.25) is 0 Å². The van der Waals surface area contributed by atoms with Crippen LogP contribution in [0, 0.1) is 0 Å². The molecule has 1 aromatic carbocycles. The molecule has 114 valence electrons. The molecule has 2 heterocycles. The van der Waals surface area contributed by atoms with E-state index >= 15 is 0 Å². The minimum absolute atomic E-state index is 0.172. The number of thioether (sulfide) groups is 1. The monoisotopic (exact) mass is 380 g/mol. The topological polar surface area (TPSA) is 76.0 Å². The summed E-state index contributed by atoms with van der Waals surface area (Å²) in [6.45, 7) is 0. The second-order valence-corrected chi connectivity index (χ2v) is 6.50. The molecule has 0 bridgehead atoms. The highest BCUT2D eigenvalue weighted by Gasteiger charge is 2.30. The first-order chi connectivity index (χ1) is 10.5. The van der Waals surface area contributed by atoms with Crippen LogP contribution < -0.4 is 16.2 Å². The second kappa shape index (κ2) is 5.77. The van der Waals surface area contributed by atoms with Gasteiger partial charge in [0.15, 0.2) is 5.16 Å². The zero-order valence-corrected chi connectivity index (χ0v) is 14.3. The van der Waals surface area contributed by atoms with Crippen LogP contribution in [0.5, 0.6) is 0 Å². The maximum Gasteiger partial charge on any atom is 0.321 e. The van der Waals surface area contributed by atoms with Crippen LogP contribution in [0.25, 0.3) is 0 Å². The van der Waals surface area contributed by atoms with Crippen molar-refractivity contribution in [3.63, 3.8) is 0 Å². The lowest BCUT2D eigenvalue weighted by molar-refractivity contribution is 0.248. The number of nitrogens with one attached hydrogen (secondary N) is 2. The molecule has 1 unspecified atom stereocenters. The summed E-state index contributed by atoms with van der Waals surface area (Å²) in [6.07, 6.45) is 1.84. The fourth-order valence-corrected chi connectivity index (χ4v) is 3.19. The minimum atomic E-state index is -0.515. The van der Waals surface area contributed by atoms with Gasteiger partial charge >= 0.3 is 6.03 Å². The number of rotatable bonds is 2. The molecule has 2 N–H and O–H groups in total. The minimum Gasteiger partial charge on any atom is -0.327 e. The lowest BCUT2D eigenvalue weighted by atomic mass is 9.99. The molecule has 2 amide bonds. The quantitative estimate of drug-likeness (QED) is 0.619. The van der Waals surface area contributed by atoms with Gasteiger partial charge in [0.25, 0.3) is 5.56 Å². The van der Waals surface area contributed by atoms with Crippen molar-refractivity contribution in [2.75, 3.05) is 11.6 Å². The fourth-order valence-electron chi connectivity index (χ4n) is 2.39.